The zero-order valence-corrected chi connectivity index (χ0v) is 6.17. The first-order valence-electron chi connectivity index (χ1n) is 3.12. The molecule has 4 heteroatoms. The van der Waals surface area contributed by atoms with Gasteiger partial charge in [0, 0.05) is 12.7 Å². The van der Waals surface area contributed by atoms with Crippen LogP contribution in [0.1, 0.15) is 5.56 Å². The van der Waals surface area contributed by atoms with Crippen LogP contribution in [-0.2, 0) is 11.3 Å². The van der Waals surface area contributed by atoms with Gasteiger partial charge in [0.25, 0.3) is 0 Å². The molecule has 0 amide bonds. The van der Waals surface area contributed by atoms with Crippen LogP contribution in [0.25, 0.3) is 0 Å². The number of nitrogens with two attached hydrogens (primary N) is 1. The standard InChI is InChI=1S/C7H9FN2O/c1-11-4-5-6(8)2-10-3-7(5)9/h2-3H,4,9H2,1H3. The number of ether oxygens (including phenoxy) is 1. The number of hydrogen-bond donors (Lipinski definition) is 1. The van der Waals surface area contributed by atoms with Crippen molar-refractivity contribution in [1.29, 1.82) is 0 Å². The van der Waals surface area contributed by atoms with Gasteiger partial charge in [-0.15, -0.1) is 0 Å². The lowest BCUT2D eigenvalue weighted by molar-refractivity contribution is 0.182. The zero-order chi connectivity index (χ0) is 8.27. The molecule has 3 nitrogen and oxygen atoms in total. The largest absolute Gasteiger partial charge is 0.397 e. The Hall–Kier alpha value is -1.16. The second kappa shape index (κ2) is 3.30. The number of rotatable bonds is 2. The number of nitrogens with zero attached hydrogens (tertiary/aromatic N) is 1. The third kappa shape index (κ3) is 1.65. The average Bonchev–Trinajstić information content (AvgIpc) is 1.97. The molecule has 0 aliphatic carbocycles. The van der Waals surface area contributed by atoms with Crippen LogP contribution < -0.4 is 5.73 Å². The van der Waals surface area contributed by atoms with E-state index in [9.17, 15) is 4.39 Å². The van der Waals surface area contributed by atoms with Crippen molar-refractivity contribution in [1.82, 2.24) is 4.98 Å². The van der Waals surface area contributed by atoms with E-state index in [4.69, 9.17) is 10.5 Å². The van der Waals surface area contributed by atoms with Gasteiger partial charge in [-0.2, -0.15) is 0 Å². The topological polar surface area (TPSA) is 48.1 Å². The van der Waals surface area contributed by atoms with Crippen molar-refractivity contribution in [2.45, 2.75) is 6.61 Å². The van der Waals surface area contributed by atoms with Crippen LogP contribution in [0, 0.1) is 5.82 Å². The summed E-state index contributed by atoms with van der Waals surface area (Å²) in [5.74, 6) is -0.424. The minimum atomic E-state index is -0.424. The van der Waals surface area contributed by atoms with Crippen molar-refractivity contribution < 1.29 is 9.13 Å². The Kier molecular flexibility index (Phi) is 2.38. The van der Waals surface area contributed by atoms with Crippen molar-refractivity contribution in [3.05, 3.63) is 23.8 Å². The van der Waals surface area contributed by atoms with Gasteiger partial charge in [0.05, 0.1) is 24.7 Å². The number of halogens is 1. The van der Waals surface area contributed by atoms with E-state index in [0.29, 0.717) is 11.3 Å². The Morgan fingerprint density at radius 1 is 1.64 bits per heavy atom. The van der Waals surface area contributed by atoms with E-state index in [0.717, 1.165) is 6.20 Å². The summed E-state index contributed by atoms with van der Waals surface area (Å²) in [6, 6.07) is 0. The third-order valence-corrected chi connectivity index (χ3v) is 1.33. The van der Waals surface area contributed by atoms with E-state index < -0.39 is 5.82 Å². The summed E-state index contributed by atoms with van der Waals surface area (Å²) in [4.78, 5) is 3.57. The molecule has 11 heavy (non-hydrogen) atoms. The predicted molar refractivity (Wildman–Crippen MR) is 39.3 cm³/mol. The fourth-order valence-corrected chi connectivity index (χ4v) is 0.773. The van der Waals surface area contributed by atoms with Crippen molar-refractivity contribution in [3.63, 3.8) is 0 Å². The SMILES string of the molecule is COCc1c(N)cncc1F. The lowest BCUT2D eigenvalue weighted by atomic mass is 10.2. The molecule has 0 saturated carbocycles. The van der Waals surface area contributed by atoms with Crippen LogP contribution in [0.15, 0.2) is 12.4 Å². The highest BCUT2D eigenvalue weighted by Crippen LogP contribution is 2.13. The summed E-state index contributed by atoms with van der Waals surface area (Å²) >= 11 is 0. The Bertz CT molecular complexity index is 232. The smallest absolute Gasteiger partial charge is 0.149 e. The predicted octanol–water partition coefficient (Wildman–Crippen LogP) is 0.949. The molecule has 0 aliphatic rings. The lowest BCUT2D eigenvalue weighted by Gasteiger charge is -2.03. The van der Waals surface area contributed by atoms with Gasteiger partial charge in [0.15, 0.2) is 0 Å². The van der Waals surface area contributed by atoms with E-state index in [2.05, 4.69) is 4.98 Å². The molecule has 0 aromatic carbocycles. The van der Waals surface area contributed by atoms with Crippen LogP contribution in [-0.4, -0.2) is 12.1 Å². The molecule has 1 rings (SSSR count). The lowest BCUT2D eigenvalue weighted by Crippen LogP contribution is -2.00. The Labute approximate surface area is 64.0 Å². The maximum absolute atomic E-state index is 12.8. The van der Waals surface area contributed by atoms with Gasteiger partial charge in [-0.05, 0) is 0 Å². The third-order valence-electron chi connectivity index (χ3n) is 1.33. The van der Waals surface area contributed by atoms with E-state index in [1.165, 1.54) is 13.3 Å². The molecule has 0 bridgehead atoms. The summed E-state index contributed by atoms with van der Waals surface area (Å²) in [6.45, 7) is 0.181. The van der Waals surface area contributed by atoms with Gasteiger partial charge >= 0.3 is 0 Å². The fourth-order valence-electron chi connectivity index (χ4n) is 0.773. The van der Waals surface area contributed by atoms with E-state index >= 15 is 0 Å². The van der Waals surface area contributed by atoms with Crippen molar-refractivity contribution in [2.75, 3.05) is 12.8 Å². The zero-order valence-electron chi connectivity index (χ0n) is 6.17. The molecular weight excluding hydrogens is 147 g/mol. The molecular formula is C7H9FN2O. The highest BCUT2D eigenvalue weighted by atomic mass is 19.1. The molecule has 0 unspecified atom stereocenters. The molecule has 0 aliphatic heterocycles. The maximum Gasteiger partial charge on any atom is 0.149 e. The minimum Gasteiger partial charge on any atom is -0.397 e. The first-order valence-corrected chi connectivity index (χ1v) is 3.12. The molecule has 2 N–H and O–H groups in total. The highest BCUT2D eigenvalue weighted by Gasteiger charge is 2.04. The Morgan fingerprint density at radius 2 is 2.36 bits per heavy atom. The summed E-state index contributed by atoms with van der Waals surface area (Å²) in [6.07, 6.45) is 2.52. The molecule has 1 aromatic rings. The molecule has 0 spiro atoms. The first-order chi connectivity index (χ1) is 5.25. The van der Waals surface area contributed by atoms with Crippen LogP contribution >= 0.6 is 0 Å². The van der Waals surface area contributed by atoms with Gasteiger partial charge in [-0.3, -0.25) is 4.98 Å². The quantitative estimate of drug-likeness (QED) is 0.693. The van der Waals surface area contributed by atoms with Crippen molar-refractivity contribution >= 4 is 5.69 Å². The highest BCUT2D eigenvalue weighted by molar-refractivity contribution is 5.44. The molecule has 60 valence electrons. The summed E-state index contributed by atoms with van der Waals surface area (Å²) in [7, 11) is 1.49. The summed E-state index contributed by atoms with van der Waals surface area (Å²) in [5, 5.41) is 0. The Morgan fingerprint density at radius 3 is 2.91 bits per heavy atom. The second-order valence-electron chi connectivity index (χ2n) is 2.12. The molecule has 1 aromatic heterocycles. The molecule has 0 fully saturated rings. The van der Waals surface area contributed by atoms with Crippen LogP contribution in [0.2, 0.25) is 0 Å². The molecule has 0 radical (unpaired) electrons. The minimum absolute atomic E-state index is 0.181. The van der Waals surface area contributed by atoms with Gasteiger partial charge in [0.1, 0.15) is 5.82 Å². The Balaban J connectivity index is 3.00. The van der Waals surface area contributed by atoms with Gasteiger partial charge < -0.3 is 10.5 Å². The van der Waals surface area contributed by atoms with E-state index in [1.807, 2.05) is 0 Å². The van der Waals surface area contributed by atoms with E-state index in [-0.39, 0.29) is 6.61 Å². The first kappa shape index (κ1) is 7.94. The average molecular weight is 156 g/mol. The van der Waals surface area contributed by atoms with Crippen LogP contribution in [0.3, 0.4) is 0 Å². The van der Waals surface area contributed by atoms with Crippen LogP contribution in [0.4, 0.5) is 10.1 Å². The van der Waals surface area contributed by atoms with Gasteiger partial charge in [-0.1, -0.05) is 0 Å². The fraction of sp³-hybridized carbons (Fsp3) is 0.286. The van der Waals surface area contributed by atoms with Gasteiger partial charge in [-0.25, -0.2) is 4.39 Å². The maximum atomic E-state index is 12.8. The number of methoxy groups -OCH3 is 1. The molecule has 1 heterocycles. The van der Waals surface area contributed by atoms with Crippen molar-refractivity contribution in [2.24, 2.45) is 0 Å². The van der Waals surface area contributed by atoms with E-state index in [1.54, 1.807) is 0 Å². The van der Waals surface area contributed by atoms with Crippen molar-refractivity contribution in [3.8, 4) is 0 Å². The normalized spacial score (nSPS) is 10.0. The number of nitrogen functional groups attached to an aromatic ring is 1. The second-order valence-corrected chi connectivity index (χ2v) is 2.12. The number of anilines is 1. The monoisotopic (exact) mass is 156 g/mol. The summed E-state index contributed by atoms with van der Waals surface area (Å²) < 4.78 is 17.6. The molecule has 0 saturated heterocycles. The number of hydrogen-bond acceptors (Lipinski definition) is 3. The number of pyridine rings is 1. The molecule has 0 atom stereocenters. The van der Waals surface area contributed by atoms with Crippen LogP contribution in [0.5, 0.6) is 0 Å². The van der Waals surface area contributed by atoms with Gasteiger partial charge in [0.2, 0.25) is 0 Å². The summed E-state index contributed by atoms with van der Waals surface area (Å²) in [5.41, 5.74) is 6.11. The number of aromatic nitrogens is 1.